The van der Waals surface area contributed by atoms with Crippen molar-refractivity contribution in [2.45, 2.75) is 38.8 Å². The predicted molar refractivity (Wildman–Crippen MR) is 83.1 cm³/mol. The van der Waals surface area contributed by atoms with Crippen molar-refractivity contribution >= 4 is 23.2 Å². The lowest BCUT2D eigenvalue weighted by Crippen LogP contribution is -2.51. The molecule has 19 heavy (non-hydrogen) atoms. The molecular formula is C15H22Cl2N2. The van der Waals surface area contributed by atoms with Gasteiger partial charge in [-0.1, -0.05) is 42.6 Å². The van der Waals surface area contributed by atoms with E-state index in [-0.39, 0.29) is 0 Å². The van der Waals surface area contributed by atoms with Gasteiger partial charge in [-0.05, 0) is 31.0 Å². The average molecular weight is 301 g/mol. The Labute approximate surface area is 126 Å². The van der Waals surface area contributed by atoms with Crippen LogP contribution in [0.2, 0.25) is 10.0 Å². The first kappa shape index (κ1) is 15.1. The van der Waals surface area contributed by atoms with Crippen LogP contribution in [-0.4, -0.2) is 30.6 Å². The lowest BCUT2D eigenvalue weighted by atomic mass is 10.0. The lowest BCUT2D eigenvalue weighted by Gasteiger charge is -2.38. The molecule has 1 aliphatic rings. The Morgan fingerprint density at radius 1 is 1.42 bits per heavy atom. The Kier molecular flexibility index (Phi) is 5.52. The molecule has 2 rings (SSSR count). The number of nitrogens with zero attached hydrogens (tertiary/aromatic N) is 1. The van der Waals surface area contributed by atoms with Gasteiger partial charge in [0.2, 0.25) is 0 Å². The minimum atomic E-state index is 0.339. The van der Waals surface area contributed by atoms with E-state index in [1.54, 1.807) is 0 Å². The summed E-state index contributed by atoms with van der Waals surface area (Å²) in [6, 6.07) is 6.75. The quantitative estimate of drug-likeness (QED) is 0.899. The average Bonchev–Trinajstić information content (AvgIpc) is 2.39. The molecule has 106 valence electrons. The van der Waals surface area contributed by atoms with Crippen LogP contribution in [0.4, 0.5) is 0 Å². The van der Waals surface area contributed by atoms with Gasteiger partial charge in [0.05, 0.1) is 0 Å². The monoisotopic (exact) mass is 300 g/mol. The zero-order valence-electron chi connectivity index (χ0n) is 11.6. The molecule has 1 fully saturated rings. The Morgan fingerprint density at radius 3 is 2.89 bits per heavy atom. The highest BCUT2D eigenvalue weighted by molar-refractivity contribution is 6.35. The van der Waals surface area contributed by atoms with E-state index in [1.165, 1.54) is 18.4 Å². The van der Waals surface area contributed by atoms with E-state index in [4.69, 9.17) is 23.2 Å². The van der Waals surface area contributed by atoms with Gasteiger partial charge in [0, 0.05) is 41.8 Å². The number of rotatable bonds is 4. The van der Waals surface area contributed by atoms with Gasteiger partial charge in [-0.3, -0.25) is 4.90 Å². The second-order valence-corrected chi connectivity index (χ2v) is 6.12. The third-order valence-electron chi connectivity index (χ3n) is 3.88. The van der Waals surface area contributed by atoms with Gasteiger partial charge in [0.15, 0.2) is 0 Å². The fraction of sp³-hybridized carbons (Fsp3) is 0.600. The van der Waals surface area contributed by atoms with Gasteiger partial charge in [-0.2, -0.15) is 0 Å². The van der Waals surface area contributed by atoms with E-state index < -0.39 is 0 Å². The zero-order chi connectivity index (χ0) is 13.8. The van der Waals surface area contributed by atoms with E-state index in [0.29, 0.717) is 17.1 Å². The van der Waals surface area contributed by atoms with Gasteiger partial charge < -0.3 is 5.32 Å². The molecule has 2 atom stereocenters. The summed E-state index contributed by atoms with van der Waals surface area (Å²) in [4.78, 5) is 2.51. The van der Waals surface area contributed by atoms with Crippen molar-refractivity contribution in [3.63, 3.8) is 0 Å². The van der Waals surface area contributed by atoms with E-state index in [1.807, 2.05) is 18.2 Å². The van der Waals surface area contributed by atoms with Crippen LogP contribution in [0.15, 0.2) is 18.2 Å². The van der Waals surface area contributed by atoms with Crippen LogP contribution in [-0.2, 0) is 0 Å². The molecule has 0 amide bonds. The predicted octanol–water partition coefficient (Wildman–Crippen LogP) is 4.13. The van der Waals surface area contributed by atoms with Gasteiger partial charge in [0.1, 0.15) is 0 Å². The van der Waals surface area contributed by atoms with E-state index in [9.17, 15) is 0 Å². The minimum absolute atomic E-state index is 0.339. The second-order valence-electron chi connectivity index (χ2n) is 5.28. The van der Waals surface area contributed by atoms with Crippen LogP contribution in [0.3, 0.4) is 0 Å². The number of hydrogen-bond acceptors (Lipinski definition) is 2. The van der Waals surface area contributed by atoms with Crippen molar-refractivity contribution in [2.24, 2.45) is 0 Å². The van der Waals surface area contributed by atoms with E-state index >= 15 is 0 Å². The Hall–Kier alpha value is -0.280. The lowest BCUT2D eigenvalue weighted by molar-refractivity contribution is 0.149. The molecule has 0 saturated carbocycles. The second kappa shape index (κ2) is 6.94. The summed E-state index contributed by atoms with van der Waals surface area (Å²) in [6.45, 7) is 7.68. The van der Waals surface area contributed by atoms with Crippen LogP contribution in [0.5, 0.6) is 0 Å². The molecule has 4 heteroatoms. The molecule has 0 radical (unpaired) electrons. The first-order valence-electron chi connectivity index (χ1n) is 7.04. The van der Waals surface area contributed by atoms with Crippen molar-refractivity contribution in [3.8, 4) is 0 Å². The smallest absolute Gasteiger partial charge is 0.0468 e. The Balaban J connectivity index is 2.07. The van der Waals surface area contributed by atoms with Crippen molar-refractivity contribution in [3.05, 3.63) is 33.8 Å². The van der Waals surface area contributed by atoms with Crippen LogP contribution in [0.25, 0.3) is 0 Å². The van der Waals surface area contributed by atoms with Crippen LogP contribution in [0.1, 0.15) is 38.3 Å². The van der Waals surface area contributed by atoms with Gasteiger partial charge in [0.25, 0.3) is 0 Å². The highest BCUT2D eigenvalue weighted by Gasteiger charge is 2.24. The molecule has 1 saturated heterocycles. The van der Waals surface area contributed by atoms with Crippen molar-refractivity contribution in [1.29, 1.82) is 0 Å². The zero-order valence-corrected chi connectivity index (χ0v) is 13.1. The van der Waals surface area contributed by atoms with Crippen molar-refractivity contribution < 1.29 is 0 Å². The summed E-state index contributed by atoms with van der Waals surface area (Å²) in [5.74, 6) is 0. The van der Waals surface area contributed by atoms with E-state index in [2.05, 4.69) is 24.1 Å². The van der Waals surface area contributed by atoms with E-state index in [0.717, 1.165) is 24.7 Å². The summed E-state index contributed by atoms with van der Waals surface area (Å²) in [6.07, 6.45) is 2.46. The minimum Gasteiger partial charge on any atom is -0.311 e. The van der Waals surface area contributed by atoms with Gasteiger partial charge in [-0.25, -0.2) is 0 Å². The summed E-state index contributed by atoms with van der Waals surface area (Å²) in [5.41, 5.74) is 1.17. The highest BCUT2D eigenvalue weighted by Crippen LogP contribution is 2.30. The number of halogens is 2. The molecule has 1 aromatic carbocycles. The van der Waals surface area contributed by atoms with Crippen LogP contribution >= 0.6 is 23.2 Å². The summed E-state index contributed by atoms with van der Waals surface area (Å²) in [5, 5.41) is 5.05. The molecule has 2 unspecified atom stereocenters. The standard InChI is InChI=1S/C15H22Cl2N2/c1-3-4-13-10-19(8-7-18-13)11(2)14-6-5-12(16)9-15(14)17/h5-6,9,11,13,18H,3-4,7-8,10H2,1-2H3. The molecular weight excluding hydrogens is 279 g/mol. The van der Waals surface area contributed by atoms with Crippen molar-refractivity contribution in [2.75, 3.05) is 19.6 Å². The summed E-state index contributed by atoms with van der Waals surface area (Å²) < 4.78 is 0. The first-order valence-corrected chi connectivity index (χ1v) is 7.79. The molecule has 2 nitrogen and oxygen atoms in total. The third kappa shape index (κ3) is 3.85. The molecule has 1 aliphatic heterocycles. The Bertz CT molecular complexity index is 421. The normalized spacial score (nSPS) is 22.4. The summed E-state index contributed by atoms with van der Waals surface area (Å²) in [7, 11) is 0. The molecule has 0 aliphatic carbocycles. The summed E-state index contributed by atoms with van der Waals surface area (Å²) >= 11 is 12.3. The topological polar surface area (TPSA) is 15.3 Å². The van der Waals surface area contributed by atoms with Crippen molar-refractivity contribution in [1.82, 2.24) is 10.2 Å². The maximum Gasteiger partial charge on any atom is 0.0468 e. The molecule has 1 N–H and O–H groups in total. The molecule has 1 aromatic rings. The number of hydrogen-bond donors (Lipinski definition) is 1. The fourth-order valence-electron chi connectivity index (χ4n) is 2.78. The fourth-order valence-corrected chi connectivity index (χ4v) is 3.35. The molecule has 0 aromatic heterocycles. The first-order chi connectivity index (χ1) is 9.11. The maximum absolute atomic E-state index is 6.31. The molecule has 0 bridgehead atoms. The SMILES string of the molecule is CCCC1CN(C(C)c2ccc(Cl)cc2Cl)CCN1. The van der Waals surface area contributed by atoms with Crippen LogP contribution in [0, 0.1) is 0 Å². The maximum atomic E-state index is 6.31. The number of nitrogens with one attached hydrogen (secondary N) is 1. The molecule has 1 heterocycles. The van der Waals surface area contributed by atoms with Gasteiger partial charge >= 0.3 is 0 Å². The number of benzene rings is 1. The van der Waals surface area contributed by atoms with Gasteiger partial charge in [-0.15, -0.1) is 0 Å². The largest absolute Gasteiger partial charge is 0.311 e. The Morgan fingerprint density at radius 2 is 2.21 bits per heavy atom. The third-order valence-corrected chi connectivity index (χ3v) is 4.45. The highest BCUT2D eigenvalue weighted by atomic mass is 35.5. The number of piperazine rings is 1. The molecule has 0 spiro atoms. The van der Waals surface area contributed by atoms with Crippen LogP contribution < -0.4 is 5.32 Å².